The van der Waals surface area contributed by atoms with Gasteiger partial charge >= 0.3 is 5.97 Å². The van der Waals surface area contributed by atoms with Gasteiger partial charge in [0.2, 0.25) is 0 Å². The molecule has 0 amide bonds. The lowest BCUT2D eigenvalue weighted by molar-refractivity contribution is -0.197. The minimum atomic E-state index is -0.877. The molecule has 2 heterocycles. The maximum absolute atomic E-state index is 12.1. The van der Waals surface area contributed by atoms with Crippen molar-refractivity contribution in [3.8, 4) is 0 Å². The summed E-state index contributed by atoms with van der Waals surface area (Å²) in [7, 11) is 1.37. The molecule has 6 heteroatoms. The van der Waals surface area contributed by atoms with Crippen molar-refractivity contribution >= 4 is 5.97 Å². The molecular weight excluding hydrogens is 456 g/mol. The van der Waals surface area contributed by atoms with Crippen LogP contribution < -0.4 is 0 Å². The van der Waals surface area contributed by atoms with E-state index < -0.39 is 23.6 Å². The van der Waals surface area contributed by atoms with Gasteiger partial charge in [0.05, 0.1) is 26.2 Å². The Balaban J connectivity index is 1.52. The first-order chi connectivity index (χ1) is 17.4. The fourth-order valence-corrected chi connectivity index (χ4v) is 5.29. The Kier molecular flexibility index (Phi) is 6.95. The fourth-order valence-electron chi connectivity index (χ4n) is 5.29. The Labute approximate surface area is 212 Å². The molecule has 6 nitrogen and oxygen atoms in total. The van der Waals surface area contributed by atoms with E-state index >= 15 is 0 Å². The van der Waals surface area contributed by atoms with Crippen LogP contribution in [0.5, 0.6) is 0 Å². The second-order valence-electron chi connectivity index (χ2n) is 9.65. The minimum Gasteiger partial charge on any atom is -0.469 e. The lowest BCUT2D eigenvalue weighted by Crippen LogP contribution is -2.39. The molecule has 0 aliphatic carbocycles. The molecule has 0 saturated carbocycles. The van der Waals surface area contributed by atoms with Gasteiger partial charge in [-0.05, 0) is 30.5 Å². The average Bonchev–Trinajstić information content (AvgIpc) is 3.39. The number of hydrogen-bond acceptors (Lipinski definition) is 6. The average molecular weight is 489 g/mol. The van der Waals surface area contributed by atoms with E-state index in [2.05, 4.69) is 36.4 Å². The van der Waals surface area contributed by atoms with Crippen LogP contribution in [0.25, 0.3) is 0 Å². The van der Waals surface area contributed by atoms with Crippen LogP contribution in [0.15, 0.2) is 91.0 Å². The summed E-state index contributed by atoms with van der Waals surface area (Å²) in [5.74, 6) is -1.12. The topological polar surface area (TPSA) is 63.2 Å². The molecule has 3 aromatic rings. The van der Waals surface area contributed by atoms with E-state index in [9.17, 15) is 4.79 Å². The van der Waals surface area contributed by atoms with E-state index in [0.29, 0.717) is 0 Å². The van der Waals surface area contributed by atoms with Crippen molar-refractivity contribution in [2.24, 2.45) is 0 Å². The van der Waals surface area contributed by atoms with Crippen molar-refractivity contribution in [2.75, 3.05) is 13.7 Å². The fraction of sp³-hybridized carbons (Fsp3) is 0.367. The quantitative estimate of drug-likeness (QED) is 0.334. The number of rotatable bonds is 8. The summed E-state index contributed by atoms with van der Waals surface area (Å²) in [6.07, 6.45) is -1.56. The Morgan fingerprint density at radius 2 is 1.22 bits per heavy atom. The van der Waals surface area contributed by atoms with Crippen LogP contribution in [0.2, 0.25) is 0 Å². The molecule has 0 spiro atoms. The molecule has 2 aliphatic rings. The summed E-state index contributed by atoms with van der Waals surface area (Å²) in [6.45, 7) is 3.98. The molecule has 36 heavy (non-hydrogen) atoms. The van der Waals surface area contributed by atoms with E-state index in [0.717, 1.165) is 16.7 Å². The van der Waals surface area contributed by atoms with E-state index in [-0.39, 0.29) is 31.2 Å². The van der Waals surface area contributed by atoms with Crippen molar-refractivity contribution in [2.45, 2.75) is 56.1 Å². The molecule has 0 radical (unpaired) electrons. The Morgan fingerprint density at radius 1 is 0.778 bits per heavy atom. The summed E-state index contributed by atoms with van der Waals surface area (Å²) in [5.41, 5.74) is 2.14. The van der Waals surface area contributed by atoms with Gasteiger partial charge in [0, 0.05) is 0 Å². The predicted molar refractivity (Wildman–Crippen MR) is 134 cm³/mol. The Bertz CT molecular complexity index is 1050. The van der Waals surface area contributed by atoms with Crippen molar-refractivity contribution in [1.82, 2.24) is 0 Å². The molecule has 0 bridgehead atoms. The smallest absolute Gasteiger partial charge is 0.308 e. The van der Waals surface area contributed by atoms with Crippen LogP contribution in [-0.2, 0) is 34.1 Å². The van der Waals surface area contributed by atoms with Gasteiger partial charge in [0.25, 0.3) is 0 Å². The number of ether oxygens (including phenoxy) is 5. The van der Waals surface area contributed by atoms with Gasteiger partial charge < -0.3 is 23.7 Å². The number of carbonyl (C=O) groups excluding carboxylic acids is 1. The van der Waals surface area contributed by atoms with Crippen molar-refractivity contribution in [3.63, 3.8) is 0 Å². The zero-order valence-electron chi connectivity index (χ0n) is 20.8. The van der Waals surface area contributed by atoms with Gasteiger partial charge in [-0.2, -0.15) is 0 Å². The van der Waals surface area contributed by atoms with Crippen LogP contribution >= 0.6 is 0 Å². The normalized spacial score (nSPS) is 24.9. The highest BCUT2D eigenvalue weighted by atomic mass is 16.8. The molecule has 0 N–H and O–H groups in total. The Hall–Kier alpha value is -3.03. The van der Waals surface area contributed by atoms with Crippen molar-refractivity contribution < 1.29 is 28.5 Å². The third-order valence-electron chi connectivity index (χ3n) is 6.85. The molecule has 2 aliphatic heterocycles. The zero-order valence-corrected chi connectivity index (χ0v) is 20.8. The van der Waals surface area contributed by atoms with Crippen LogP contribution in [0.1, 0.15) is 37.0 Å². The largest absolute Gasteiger partial charge is 0.469 e. The maximum Gasteiger partial charge on any atom is 0.308 e. The van der Waals surface area contributed by atoms with Crippen LogP contribution in [0.3, 0.4) is 0 Å². The second kappa shape index (κ2) is 10.1. The van der Waals surface area contributed by atoms with Gasteiger partial charge in [0.1, 0.15) is 23.9 Å². The number of methoxy groups -OCH3 is 1. The summed E-state index contributed by atoms with van der Waals surface area (Å²) in [4.78, 5) is 12.1. The van der Waals surface area contributed by atoms with Gasteiger partial charge in [0.15, 0.2) is 5.79 Å². The first-order valence-electron chi connectivity index (χ1n) is 12.3. The molecule has 5 rings (SSSR count). The molecule has 188 valence electrons. The third-order valence-corrected chi connectivity index (χ3v) is 6.85. The SMILES string of the molecule is COC(=O)C[C@@H]1O[C@H](COC(c2ccccc2)(c2ccccc2)c2ccccc2)[C@@H]2OC(C)(C)O[C@@H]21. The lowest BCUT2D eigenvalue weighted by atomic mass is 9.80. The van der Waals surface area contributed by atoms with Gasteiger partial charge in [-0.3, -0.25) is 4.79 Å². The van der Waals surface area contributed by atoms with E-state index in [4.69, 9.17) is 23.7 Å². The third kappa shape index (κ3) is 4.70. The molecule has 2 fully saturated rings. The highest BCUT2D eigenvalue weighted by Gasteiger charge is 2.56. The van der Waals surface area contributed by atoms with Crippen molar-refractivity contribution in [3.05, 3.63) is 108 Å². The number of fused-ring (bicyclic) bond motifs is 1. The molecule has 2 saturated heterocycles. The lowest BCUT2D eigenvalue weighted by Gasteiger charge is -2.37. The summed E-state index contributed by atoms with van der Waals surface area (Å²) in [5, 5.41) is 0. The predicted octanol–water partition coefficient (Wildman–Crippen LogP) is 4.85. The van der Waals surface area contributed by atoms with Crippen LogP contribution in [-0.4, -0.2) is 49.9 Å². The molecule has 0 unspecified atom stereocenters. The first kappa shape index (κ1) is 24.7. The van der Waals surface area contributed by atoms with Crippen LogP contribution in [0.4, 0.5) is 0 Å². The van der Waals surface area contributed by atoms with Gasteiger partial charge in [-0.15, -0.1) is 0 Å². The number of esters is 1. The van der Waals surface area contributed by atoms with Crippen LogP contribution in [0, 0.1) is 0 Å². The molecule has 0 aromatic heterocycles. The van der Waals surface area contributed by atoms with E-state index in [1.807, 2.05) is 68.4 Å². The number of hydrogen-bond donors (Lipinski definition) is 0. The van der Waals surface area contributed by atoms with Gasteiger partial charge in [-0.1, -0.05) is 91.0 Å². The summed E-state index contributed by atoms with van der Waals surface area (Å²) in [6, 6.07) is 30.6. The minimum absolute atomic E-state index is 0.0921. The molecule has 4 atom stereocenters. The number of benzene rings is 3. The summed E-state index contributed by atoms with van der Waals surface area (Å²) < 4.78 is 30.5. The number of carbonyl (C=O) groups is 1. The van der Waals surface area contributed by atoms with E-state index in [1.165, 1.54) is 7.11 Å². The van der Waals surface area contributed by atoms with E-state index in [1.54, 1.807) is 0 Å². The highest BCUT2D eigenvalue weighted by Crippen LogP contribution is 2.44. The molecular formula is C30H32O6. The van der Waals surface area contributed by atoms with Crippen molar-refractivity contribution in [1.29, 1.82) is 0 Å². The summed E-state index contributed by atoms with van der Waals surface area (Å²) >= 11 is 0. The zero-order chi connectivity index (χ0) is 25.2. The molecule has 3 aromatic carbocycles. The van der Waals surface area contributed by atoms with Gasteiger partial charge in [-0.25, -0.2) is 0 Å². The Morgan fingerprint density at radius 3 is 1.67 bits per heavy atom. The maximum atomic E-state index is 12.1. The second-order valence-corrected chi connectivity index (χ2v) is 9.65. The highest BCUT2D eigenvalue weighted by molar-refractivity contribution is 5.70. The monoisotopic (exact) mass is 488 g/mol. The standard InChI is InChI=1S/C30H32O6/c1-29(2)35-27-24(19-26(31)32-3)34-25(28(27)36-29)20-33-30(21-13-7-4-8-14-21,22-15-9-5-10-16-22)23-17-11-6-12-18-23/h4-18,24-25,27-28H,19-20H2,1-3H3/t24-,25+,27+,28-/m0/s1. The first-order valence-corrected chi connectivity index (χ1v) is 12.3.